The summed E-state index contributed by atoms with van der Waals surface area (Å²) in [6, 6.07) is 11.5. The molecule has 3 aromatic rings. The van der Waals surface area contributed by atoms with Crippen molar-refractivity contribution in [3.63, 3.8) is 0 Å². The van der Waals surface area contributed by atoms with Gasteiger partial charge in [0.05, 0.1) is 31.5 Å². The minimum absolute atomic E-state index is 0.0806. The Labute approximate surface area is 177 Å². The number of rotatable bonds is 6. The van der Waals surface area contributed by atoms with E-state index in [-0.39, 0.29) is 39.0 Å². The lowest BCUT2D eigenvalue weighted by Crippen LogP contribution is -2.15. The average molecular weight is 431 g/mol. The second kappa shape index (κ2) is 8.87. The van der Waals surface area contributed by atoms with E-state index in [1.54, 1.807) is 37.3 Å². The van der Waals surface area contributed by atoms with Crippen LogP contribution in [0.15, 0.2) is 42.5 Å². The van der Waals surface area contributed by atoms with Crippen molar-refractivity contribution in [2.75, 3.05) is 20.8 Å². The third-order valence-corrected chi connectivity index (χ3v) is 4.57. The lowest BCUT2D eigenvalue weighted by Gasteiger charge is -2.10. The third kappa shape index (κ3) is 3.81. The Bertz CT molecular complexity index is 1090. The van der Waals surface area contributed by atoms with E-state index in [0.717, 1.165) is 0 Å². The number of benzene rings is 2. The minimum atomic E-state index is -0.797. The van der Waals surface area contributed by atoms with Gasteiger partial charge in [-0.2, -0.15) is 5.10 Å². The van der Waals surface area contributed by atoms with E-state index in [1.165, 1.54) is 31.0 Å². The van der Waals surface area contributed by atoms with Crippen LogP contribution in [0.25, 0.3) is 16.9 Å². The third-order valence-electron chi connectivity index (χ3n) is 4.26. The number of para-hydroxylation sites is 1. The zero-order valence-corrected chi connectivity index (χ0v) is 17.3. The Hall–Kier alpha value is -3.52. The predicted octanol–water partition coefficient (Wildman–Crippen LogP) is 3.87. The van der Waals surface area contributed by atoms with Gasteiger partial charge in [-0.3, -0.25) is 0 Å². The predicted molar refractivity (Wildman–Crippen MR) is 110 cm³/mol. The van der Waals surface area contributed by atoms with Crippen molar-refractivity contribution in [1.29, 1.82) is 0 Å². The monoisotopic (exact) mass is 430 g/mol. The highest BCUT2D eigenvalue weighted by Gasteiger charge is 2.32. The van der Waals surface area contributed by atoms with Crippen LogP contribution in [0.2, 0.25) is 5.02 Å². The van der Waals surface area contributed by atoms with E-state index in [4.69, 9.17) is 25.8 Å². The number of carbonyl (C=O) groups excluding carboxylic acids is 2. The molecule has 3 rings (SSSR count). The fourth-order valence-corrected chi connectivity index (χ4v) is 3.19. The average Bonchev–Trinajstić information content (AvgIpc) is 3.15. The number of methoxy groups -OCH3 is 2. The second-order valence-electron chi connectivity index (χ2n) is 6.04. The number of phenolic OH excluding ortho intramolecular Hbond substituents is 1. The molecule has 1 heterocycles. The molecule has 0 aliphatic carbocycles. The molecule has 9 heteroatoms. The van der Waals surface area contributed by atoms with Crippen molar-refractivity contribution in [3.8, 4) is 28.4 Å². The molecule has 0 radical (unpaired) electrons. The van der Waals surface area contributed by atoms with Crippen molar-refractivity contribution in [2.45, 2.75) is 6.92 Å². The van der Waals surface area contributed by atoms with E-state index >= 15 is 0 Å². The molecule has 0 bridgehead atoms. The molecule has 0 amide bonds. The van der Waals surface area contributed by atoms with Crippen LogP contribution in [0, 0.1) is 0 Å². The highest BCUT2D eigenvalue weighted by molar-refractivity contribution is 6.33. The van der Waals surface area contributed by atoms with Gasteiger partial charge in [0, 0.05) is 11.6 Å². The van der Waals surface area contributed by atoms with Gasteiger partial charge in [-0.15, -0.1) is 0 Å². The minimum Gasteiger partial charge on any atom is -0.504 e. The molecule has 0 saturated heterocycles. The van der Waals surface area contributed by atoms with Crippen molar-refractivity contribution in [3.05, 3.63) is 58.7 Å². The first kappa shape index (κ1) is 21.2. The Balaban J connectivity index is 2.38. The first-order valence-corrected chi connectivity index (χ1v) is 9.31. The number of aromatic nitrogens is 2. The summed E-state index contributed by atoms with van der Waals surface area (Å²) in [7, 11) is 2.39. The number of carbonyl (C=O) groups is 2. The van der Waals surface area contributed by atoms with Gasteiger partial charge >= 0.3 is 11.9 Å². The smallest absolute Gasteiger partial charge is 0.357 e. The van der Waals surface area contributed by atoms with E-state index < -0.39 is 11.9 Å². The van der Waals surface area contributed by atoms with Crippen molar-refractivity contribution >= 4 is 23.5 Å². The Kier molecular flexibility index (Phi) is 6.27. The summed E-state index contributed by atoms with van der Waals surface area (Å²) in [5.74, 6) is -1.59. The van der Waals surface area contributed by atoms with Crippen LogP contribution in [0.5, 0.6) is 11.5 Å². The normalized spacial score (nSPS) is 10.5. The van der Waals surface area contributed by atoms with E-state index in [1.807, 2.05) is 0 Å². The van der Waals surface area contributed by atoms with Gasteiger partial charge in [-0.1, -0.05) is 29.8 Å². The van der Waals surface area contributed by atoms with Gasteiger partial charge in [0.1, 0.15) is 11.3 Å². The molecule has 156 valence electrons. The van der Waals surface area contributed by atoms with Crippen LogP contribution in [0.4, 0.5) is 0 Å². The number of nitrogens with zero attached hydrogens (tertiary/aromatic N) is 2. The fourth-order valence-electron chi connectivity index (χ4n) is 2.94. The SMILES string of the molecule is CCOc1cc(-c2nn(-c3ccccc3)c(C(=O)OC)c2C(=O)OC)c(Cl)cc1O. The van der Waals surface area contributed by atoms with Gasteiger partial charge in [-0.25, -0.2) is 14.3 Å². The van der Waals surface area contributed by atoms with Crippen molar-refractivity contribution < 1.29 is 28.9 Å². The number of aromatic hydroxyl groups is 1. The van der Waals surface area contributed by atoms with Crippen LogP contribution in [0.3, 0.4) is 0 Å². The molecule has 0 aliphatic rings. The maximum absolute atomic E-state index is 12.7. The zero-order valence-electron chi connectivity index (χ0n) is 16.5. The molecule has 2 aromatic carbocycles. The highest BCUT2D eigenvalue weighted by atomic mass is 35.5. The number of halogens is 1. The molecule has 1 N–H and O–H groups in total. The van der Waals surface area contributed by atoms with E-state index in [9.17, 15) is 14.7 Å². The van der Waals surface area contributed by atoms with Crippen LogP contribution < -0.4 is 4.74 Å². The van der Waals surface area contributed by atoms with Crippen LogP contribution >= 0.6 is 11.6 Å². The molecule has 0 fully saturated rings. The first-order chi connectivity index (χ1) is 14.4. The maximum atomic E-state index is 12.7. The van der Waals surface area contributed by atoms with Crippen LogP contribution in [-0.2, 0) is 9.47 Å². The lowest BCUT2D eigenvalue weighted by molar-refractivity contribution is 0.0549. The quantitative estimate of drug-likeness (QED) is 0.592. The standard InChI is InChI=1S/C21H19ClN2O6/c1-4-30-16-10-13(14(22)11-15(16)25)18-17(20(26)28-2)19(21(27)29-3)24(23-18)12-8-6-5-7-9-12/h5-11,25H,4H2,1-3H3. The molecular weight excluding hydrogens is 412 g/mol. The molecule has 0 unspecified atom stereocenters. The summed E-state index contributed by atoms with van der Waals surface area (Å²) < 4.78 is 16.5. The van der Waals surface area contributed by atoms with Gasteiger partial charge in [0.15, 0.2) is 17.2 Å². The Morgan fingerprint density at radius 1 is 1.10 bits per heavy atom. The van der Waals surface area contributed by atoms with E-state index in [2.05, 4.69) is 5.10 Å². The van der Waals surface area contributed by atoms with Crippen LogP contribution in [0.1, 0.15) is 27.8 Å². The lowest BCUT2D eigenvalue weighted by atomic mass is 10.0. The summed E-state index contributed by atoms with van der Waals surface area (Å²) in [6.07, 6.45) is 0. The highest BCUT2D eigenvalue weighted by Crippen LogP contribution is 2.40. The Morgan fingerprint density at radius 2 is 1.77 bits per heavy atom. The first-order valence-electron chi connectivity index (χ1n) is 8.93. The largest absolute Gasteiger partial charge is 0.504 e. The van der Waals surface area contributed by atoms with Crippen LogP contribution in [-0.4, -0.2) is 47.7 Å². The number of esters is 2. The van der Waals surface area contributed by atoms with Crippen molar-refractivity contribution in [1.82, 2.24) is 9.78 Å². The second-order valence-corrected chi connectivity index (χ2v) is 6.44. The summed E-state index contributed by atoms with van der Waals surface area (Å²) >= 11 is 6.34. The maximum Gasteiger partial charge on any atom is 0.357 e. The van der Waals surface area contributed by atoms with E-state index in [0.29, 0.717) is 12.3 Å². The number of ether oxygens (including phenoxy) is 3. The summed E-state index contributed by atoms with van der Waals surface area (Å²) in [4.78, 5) is 25.3. The summed E-state index contributed by atoms with van der Waals surface area (Å²) in [5, 5.41) is 14.7. The van der Waals surface area contributed by atoms with Gasteiger partial charge in [0.25, 0.3) is 0 Å². The molecule has 0 atom stereocenters. The molecule has 0 aliphatic heterocycles. The van der Waals surface area contributed by atoms with Gasteiger partial charge in [-0.05, 0) is 25.1 Å². The zero-order chi connectivity index (χ0) is 21.8. The molecule has 8 nitrogen and oxygen atoms in total. The fraction of sp³-hybridized carbons (Fsp3) is 0.190. The molecule has 30 heavy (non-hydrogen) atoms. The molecular formula is C21H19ClN2O6. The molecule has 1 aromatic heterocycles. The van der Waals surface area contributed by atoms with Gasteiger partial charge in [0.2, 0.25) is 0 Å². The summed E-state index contributed by atoms with van der Waals surface area (Å²) in [5.41, 5.74) is 0.639. The number of hydrogen-bond donors (Lipinski definition) is 1. The topological polar surface area (TPSA) is 99.9 Å². The van der Waals surface area contributed by atoms with Crippen molar-refractivity contribution in [2.24, 2.45) is 0 Å². The molecule has 0 spiro atoms. The van der Waals surface area contributed by atoms with Gasteiger partial charge < -0.3 is 19.3 Å². The number of phenols is 1. The summed E-state index contributed by atoms with van der Waals surface area (Å²) in [6.45, 7) is 2.05. The molecule has 0 saturated carbocycles. The Morgan fingerprint density at radius 3 is 2.37 bits per heavy atom. The number of hydrogen-bond acceptors (Lipinski definition) is 7.